The molecule has 0 fully saturated rings. The van der Waals surface area contributed by atoms with Crippen molar-refractivity contribution in [1.29, 1.82) is 0 Å². The van der Waals surface area contributed by atoms with Crippen molar-refractivity contribution in [3.05, 3.63) is 42.5 Å². The average molecular weight is 242 g/mol. The average Bonchev–Trinajstić information content (AvgIpc) is 2.94. The van der Waals surface area contributed by atoms with E-state index in [0.29, 0.717) is 0 Å². The quantitative estimate of drug-likeness (QED) is 0.796. The molecule has 1 unspecified atom stereocenters. The van der Waals surface area contributed by atoms with Gasteiger partial charge in [0.05, 0.1) is 0 Å². The lowest BCUT2D eigenvalue weighted by molar-refractivity contribution is -0.119. The number of benzene rings is 1. The molecule has 5 heteroatoms. The molecule has 5 nitrogen and oxygen atoms in total. The molecule has 1 aliphatic rings. The van der Waals surface area contributed by atoms with Gasteiger partial charge in [0.25, 0.3) is 0 Å². The summed E-state index contributed by atoms with van der Waals surface area (Å²) in [5.74, 6) is 0.0762. The van der Waals surface area contributed by atoms with Gasteiger partial charge in [-0.25, -0.2) is 0 Å². The van der Waals surface area contributed by atoms with Crippen LogP contribution in [0.5, 0.6) is 0 Å². The summed E-state index contributed by atoms with van der Waals surface area (Å²) >= 11 is 0. The van der Waals surface area contributed by atoms with Gasteiger partial charge in [-0.05, 0) is 25.0 Å². The molecule has 3 rings (SSSR count). The molecule has 1 aromatic heterocycles. The van der Waals surface area contributed by atoms with Gasteiger partial charge in [0.1, 0.15) is 19.2 Å². The van der Waals surface area contributed by atoms with Gasteiger partial charge in [-0.15, -0.1) is 10.2 Å². The third-order valence-corrected chi connectivity index (χ3v) is 3.26. The Bertz CT molecular complexity index is 564. The molecule has 0 saturated heterocycles. The van der Waals surface area contributed by atoms with Crippen LogP contribution in [0.25, 0.3) is 0 Å². The first kappa shape index (κ1) is 11.0. The van der Waals surface area contributed by atoms with Crippen molar-refractivity contribution >= 4 is 11.6 Å². The molecular weight excluding hydrogens is 228 g/mol. The van der Waals surface area contributed by atoms with Crippen LogP contribution in [0, 0.1) is 0 Å². The molecule has 0 saturated carbocycles. The maximum absolute atomic E-state index is 12.3. The van der Waals surface area contributed by atoms with Crippen molar-refractivity contribution in [3.63, 3.8) is 0 Å². The smallest absolute Gasteiger partial charge is 0.247 e. The summed E-state index contributed by atoms with van der Waals surface area (Å²) in [5.41, 5.74) is 2.27. The lowest BCUT2D eigenvalue weighted by Gasteiger charge is -2.22. The Labute approximate surface area is 105 Å². The fourth-order valence-electron chi connectivity index (χ4n) is 2.48. The van der Waals surface area contributed by atoms with E-state index >= 15 is 0 Å². The van der Waals surface area contributed by atoms with E-state index < -0.39 is 0 Å². The van der Waals surface area contributed by atoms with Crippen molar-refractivity contribution < 1.29 is 4.79 Å². The van der Waals surface area contributed by atoms with E-state index in [-0.39, 0.29) is 18.5 Å². The Morgan fingerprint density at radius 3 is 2.83 bits per heavy atom. The van der Waals surface area contributed by atoms with Gasteiger partial charge >= 0.3 is 0 Å². The second-order valence-corrected chi connectivity index (χ2v) is 4.58. The van der Waals surface area contributed by atoms with Crippen LogP contribution in [0.2, 0.25) is 0 Å². The molecule has 1 amide bonds. The molecule has 1 aliphatic heterocycles. The predicted molar refractivity (Wildman–Crippen MR) is 67.1 cm³/mol. The lowest BCUT2D eigenvalue weighted by Crippen LogP contribution is -2.37. The normalized spacial score (nSPS) is 17.8. The fraction of sp³-hybridized carbons (Fsp3) is 0.308. The minimum Gasteiger partial charge on any atom is -0.311 e. The number of amides is 1. The van der Waals surface area contributed by atoms with Crippen LogP contribution in [-0.4, -0.2) is 26.7 Å². The van der Waals surface area contributed by atoms with Crippen LogP contribution in [-0.2, 0) is 17.8 Å². The first-order valence-corrected chi connectivity index (χ1v) is 5.98. The van der Waals surface area contributed by atoms with Crippen LogP contribution in [0.15, 0.2) is 36.9 Å². The van der Waals surface area contributed by atoms with Crippen molar-refractivity contribution in [3.8, 4) is 0 Å². The predicted octanol–water partition coefficient (Wildman–Crippen LogP) is 1.26. The molecule has 92 valence electrons. The number of fused-ring (bicyclic) bond motifs is 1. The van der Waals surface area contributed by atoms with Crippen molar-refractivity contribution in [2.24, 2.45) is 0 Å². The second kappa shape index (κ2) is 4.25. The first-order chi connectivity index (χ1) is 8.75. The van der Waals surface area contributed by atoms with Gasteiger partial charge in [-0.3, -0.25) is 4.79 Å². The lowest BCUT2D eigenvalue weighted by atomic mass is 10.1. The maximum atomic E-state index is 12.3. The van der Waals surface area contributed by atoms with Crippen LogP contribution >= 0.6 is 0 Å². The summed E-state index contributed by atoms with van der Waals surface area (Å²) < 4.78 is 1.69. The zero-order valence-electron chi connectivity index (χ0n) is 10.2. The van der Waals surface area contributed by atoms with Crippen molar-refractivity contribution in [2.75, 3.05) is 4.90 Å². The first-order valence-electron chi connectivity index (χ1n) is 5.98. The van der Waals surface area contributed by atoms with Gasteiger partial charge in [-0.1, -0.05) is 18.2 Å². The molecule has 0 spiro atoms. The third-order valence-electron chi connectivity index (χ3n) is 3.26. The Balaban J connectivity index is 1.86. The van der Waals surface area contributed by atoms with E-state index in [4.69, 9.17) is 0 Å². The number of rotatable bonds is 2. The van der Waals surface area contributed by atoms with Crippen LogP contribution < -0.4 is 4.90 Å². The Kier molecular flexibility index (Phi) is 2.59. The number of nitrogens with zero attached hydrogens (tertiary/aromatic N) is 4. The van der Waals surface area contributed by atoms with Gasteiger partial charge in [0, 0.05) is 11.7 Å². The van der Waals surface area contributed by atoms with Gasteiger partial charge in [0.2, 0.25) is 5.91 Å². The summed E-state index contributed by atoms with van der Waals surface area (Å²) in [5, 5.41) is 7.41. The summed E-state index contributed by atoms with van der Waals surface area (Å²) in [7, 11) is 0. The SMILES string of the molecule is CC1Cc2ccccc2N1C(=O)Cn1cnnc1. The number of anilines is 1. The van der Waals surface area contributed by atoms with E-state index in [9.17, 15) is 4.79 Å². The Hall–Kier alpha value is -2.17. The van der Waals surface area contributed by atoms with Crippen LogP contribution in [0.3, 0.4) is 0 Å². The highest BCUT2D eigenvalue weighted by Crippen LogP contribution is 2.31. The molecule has 0 bridgehead atoms. The van der Waals surface area contributed by atoms with E-state index in [1.54, 1.807) is 17.2 Å². The highest BCUT2D eigenvalue weighted by molar-refractivity contribution is 5.96. The standard InChI is InChI=1S/C13H14N4O/c1-10-6-11-4-2-3-5-12(11)17(10)13(18)7-16-8-14-15-9-16/h2-5,8-10H,6-7H2,1H3. The highest BCUT2D eigenvalue weighted by Gasteiger charge is 2.30. The summed E-state index contributed by atoms with van der Waals surface area (Å²) in [6.45, 7) is 2.36. The molecule has 1 atom stereocenters. The third kappa shape index (κ3) is 1.77. The summed E-state index contributed by atoms with van der Waals surface area (Å²) in [6, 6.07) is 8.28. The number of carbonyl (C=O) groups excluding carboxylic acids is 1. The maximum Gasteiger partial charge on any atom is 0.247 e. The van der Waals surface area contributed by atoms with E-state index in [1.807, 2.05) is 23.1 Å². The number of carbonyl (C=O) groups is 1. The molecule has 1 aromatic carbocycles. The van der Waals surface area contributed by atoms with E-state index in [2.05, 4.69) is 23.2 Å². The van der Waals surface area contributed by atoms with Crippen molar-refractivity contribution in [1.82, 2.24) is 14.8 Å². The number of hydrogen-bond donors (Lipinski definition) is 0. The molecule has 0 aliphatic carbocycles. The second-order valence-electron chi connectivity index (χ2n) is 4.58. The Morgan fingerprint density at radius 1 is 1.33 bits per heavy atom. The largest absolute Gasteiger partial charge is 0.311 e. The van der Waals surface area contributed by atoms with Crippen molar-refractivity contribution in [2.45, 2.75) is 25.9 Å². The monoisotopic (exact) mass is 242 g/mol. The van der Waals surface area contributed by atoms with E-state index in [0.717, 1.165) is 12.1 Å². The summed E-state index contributed by atoms with van der Waals surface area (Å²) in [4.78, 5) is 14.2. The molecule has 18 heavy (non-hydrogen) atoms. The number of hydrogen-bond acceptors (Lipinski definition) is 3. The molecule has 2 heterocycles. The minimum atomic E-state index is 0.0762. The van der Waals surface area contributed by atoms with Crippen LogP contribution in [0.4, 0.5) is 5.69 Å². The van der Waals surface area contributed by atoms with Gasteiger partial charge in [0.15, 0.2) is 0 Å². The van der Waals surface area contributed by atoms with Gasteiger partial charge < -0.3 is 9.47 Å². The topological polar surface area (TPSA) is 51.0 Å². The number of aromatic nitrogens is 3. The highest BCUT2D eigenvalue weighted by atomic mass is 16.2. The molecule has 2 aromatic rings. The zero-order valence-corrected chi connectivity index (χ0v) is 10.2. The van der Waals surface area contributed by atoms with Crippen LogP contribution in [0.1, 0.15) is 12.5 Å². The van der Waals surface area contributed by atoms with Gasteiger partial charge in [-0.2, -0.15) is 0 Å². The summed E-state index contributed by atoms with van der Waals surface area (Å²) in [6.07, 6.45) is 4.04. The van der Waals surface area contributed by atoms with E-state index in [1.165, 1.54) is 5.56 Å². The molecule has 0 N–H and O–H groups in total. The minimum absolute atomic E-state index is 0.0762. The fourth-order valence-corrected chi connectivity index (χ4v) is 2.48. The Morgan fingerprint density at radius 2 is 2.06 bits per heavy atom. The molecule has 0 radical (unpaired) electrons. The zero-order chi connectivity index (χ0) is 12.5. The number of para-hydroxylation sites is 1. The molecular formula is C13H14N4O.